The van der Waals surface area contributed by atoms with E-state index in [0.717, 1.165) is 12.4 Å². The predicted octanol–water partition coefficient (Wildman–Crippen LogP) is 3.29. The molecule has 0 atom stereocenters. The minimum atomic E-state index is -4.57. The second-order valence-corrected chi connectivity index (χ2v) is 4.58. The van der Waals surface area contributed by atoms with E-state index < -0.39 is 11.9 Å². The number of alkyl halides is 3. The molecule has 0 amide bonds. The van der Waals surface area contributed by atoms with Gasteiger partial charge < -0.3 is 10.1 Å². The van der Waals surface area contributed by atoms with Crippen molar-refractivity contribution in [3.8, 4) is 5.75 Å². The SMILES string of the molecule is CCOc1ccc(Nc2cc(C(F)(F)F)nc3ncnn23)cc1. The van der Waals surface area contributed by atoms with Gasteiger partial charge in [-0.3, -0.25) is 0 Å². The Bertz CT molecular complexity index is 813. The molecule has 1 aromatic carbocycles. The van der Waals surface area contributed by atoms with Crippen LogP contribution in [0.5, 0.6) is 5.75 Å². The summed E-state index contributed by atoms with van der Waals surface area (Å²) >= 11 is 0. The van der Waals surface area contributed by atoms with Gasteiger partial charge in [-0.05, 0) is 31.2 Å². The molecule has 0 saturated heterocycles. The lowest BCUT2D eigenvalue weighted by atomic mass is 10.3. The fourth-order valence-corrected chi connectivity index (χ4v) is 2.00. The Balaban J connectivity index is 1.96. The second-order valence-electron chi connectivity index (χ2n) is 4.58. The Hall–Kier alpha value is -2.84. The Labute approximate surface area is 128 Å². The zero-order chi connectivity index (χ0) is 16.4. The summed E-state index contributed by atoms with van der Waals surface area (Å²) in [6.45, 7) is 2.40. The topological polar surface area (TPSA) is 64.3 Å². The van der Waals surface area contributed by atoms with Crippen LogP contribution in [-0.2, 0) is 6.18 Å². The molecule has 23 heavy (non-hydrogen) atoms. The van der Waals surface area contributed by atoms with Gasteiger partial charge in [0.05, 0.1) is 6.61 Å². The lowest BCUT2D eigenvalue weighted by Crippen LogP contribution is -2.12. The van der Waals surface area contributed by atoms with Crippen molar-refractivity contribution in [1.82, 2.24) is 19.6 Å². The first kappa shape index (κ1) is 15.1. The van der Waals surface area contributed by atoms with Gasteiger partial charge in [0.25, 0.3) is 5.78 Å². The van der Waals surface area contributed by atoms with Crippen molar-refractivity contribution in [3.05, 3.63) is 42.4 Å². The maximum Gasteiger partial charge on any atom is 0.433 e. The van der Waals surface area contributed by atoms with Gasteiger partial charge in [-0.1, -0.05) is 0 Å². The van der Waals surface area contributed by atoms with Gasteiger partial charge in [-0.15, -0.1) is 0 Å². The zero-order valence-electron chi connectivity index (χ0n) is 12.0. The second kappa shape index (κ2) is 5.75. The highest BCUT2D eigenvalue weighted by Crippen LogP contribution is 2.30. The van der Waals surface area contributed by atoms with Crippen molar-refractivity contribution in [3.63, 3.8) is 0 Å². The molecule has 0 fully saturated rings. The molecule has 0 aliphatic rings. The average molecular weight is 323 g/mol. The largest absolute Gasteiger partial charge is 0.494 e. The number of hydrogen-bond acceptors (Lipinski definition) is 5. The minimum Gasteiger partial charge on any atom is -0.494 e. The Morgan fingerprint density at radius 1 is 1.22 bits per heavy atom. The van der Waals surface area contributed by atoms with Gasteiger partial charge >= 0.3 is 6.18 Å². The van der Waals surface area contributed by atoms with E-state index >= 15 is 0 Å². The number of hydrogen-bond donors (Lipinski definition) is 1. The van der Waals surface area contributed by atoms with E-state index in [9.17, 15) is 13.2 Å². The molecule has 0 spiro atoms. The number of halogens is 3. The Kier molecular flexibility index (Phi) is 3.77. The summed E-state index contributed by atoms with van der Waals surface area (Å²) in [5.41, 5.74) is -0.448. The quantitative estimate of drug-likeness (QED) is 0.798. The predicted molar refractivity (Wildman–Crippen MR) is 76.7 cm³/mol. The molecule has 2 aromatic heterocycles. The number of benzene rings is 1. The van der Waals surface area contributed by atoms with E-state index in [4.69, 9.17) is 4.74 Å². The number of nitrogens with zero attached hydrogens (tertiary/aromatic N) is 4. The minimum absolute atomic E-state index is 0.115. The standard InChI is InChI=1S/C14H12F3N5O/c1-2-23-10-5-3-9(4-6-10)20-12-7-11(14(15,16)17)21-13-18-8-19-22(12)13/h3-8,20H,2H2,1H3. The molecule has 3 rings (SSSR count). The van der Waals surface area contributed by atoms with Crippen molar-refractivity contribution >= 4 is 17.3 Å². The van der Waals surface area contributed by atoms with Crippen LogP contribution >= 0.6 is 0 Å². The first-order chi connectivity index (χ1) is 11.0. The van der Waals surface area contributed by atoms with Crippen LogP contribution in [0, 0.1) is 0 Å². The molecule has 0 unspecified atom stereocenters. The van der Waals surface area contributed by atoms with Crippen LogP contribution in [0.1, 0.15) is 12.6 Å². The van der Waals surface area contributed by atoms with Crippen LogP contribution in [0.15, 0.2) is 36.7 Å². The molecule has 0 saturated carbocycles. The van der Waals surface area contributed by atoms with E-state index in [0.29, 0.717) is 18.0 Å². The summed E-state index contributed by atoms with van der Waals surface area (Å²) < 4.78 is 45.3. The van der Waals surface area contributed by atoms with Crippen molar-refractivity contribution < 1.29 is 17.9 Å². The number of nitrogens with one attached hydrogen (secondary N) is 1. The van der Waals surface area contributed by atoms with E-state index in [2.05, 4.69) is 20.4 Å². The van der Waals surface area contributed by atoms with Crippen LogP contribution < -0.4 is 10.1 Å². The van der Waals surface area contributed by atoms with E-state index in [1.807, 2.05) is 6.92 Å². The molecule has 120 valence electrons. The summed E-state index contributed by atoms with van der Waals surface area (Å²) in [4.78, 5) is 7.17. The maximum atomic E-state index is 12.9. The monoisotopic (exact) mass is 323 g/mol. The summed E-state index contributed by atoms with van der Waals surface area (Å²) in [7, 11) is 0. The Morgan fingerprint density at radius 2 is 1.96 bits per heavy atom. The Morgan fingerprint density at radius 3 is 2.61 bits per heavy atom. The molecule has 3 aromatic rings. The highest BCUT2D eigenvalue weighted by atomic mass is 19.4. The molecular weight excluding hydrogens is 311 g/mol. The number of anilines is 2. The summed E-state index contributed by atoms with van der Waals surface area (Å²) in [6.07, 6.45) is -3.42. The summed E-state index contributed by atoms with van der Waals surface area (Å²) in [6, 6.07) is 7.72. The first-order valence-corrected chi connectivity index (χ1v) is 6.75. The van der Waals surface area contributed by atoms with E-state index in [1.54, 1.807) is 24.3 Å². The van der Waals surface area contributed by atoms with Crippen LogP contribution in [0.2, 0.25) is 0 Å². The number of rotatable bonds is 4. The van der Waals surface area contributed by atoms with Gasteiger partial charge in [-0.2, -0.15) is 27.8 Å². The van der Waals surface area contributed by atoms with Gasteiger partial charge in [0.15, 0.2) is 5.69 Å². The van der Waals surface area contributed by atoms with Crippen molar-refractivity contribution in [2.75, 3.05) is 11.9 Å². The molecule has 0 bridgehead atoms. The normalized spacial score (nSPS) is 11.7. The fraction of sp³-hybridized carbons (Fsp3) is 0.214. The maximum absolute atomic E-state index is 12.9. The van der Waals surface area contributed by atoms with Gasteiger partial charge in [0.2, 0.25) is 0 Å². The smallest absolute Gasteiger partial charge is 0.433 e. The molecule has 9 heteroatoms. The molecule has 0 aliphatic heterocycles. The number of fused-ring (bicyclic) bond motifs is 1. The lowest BCUT2D eigenvalue weighted by molar-refractivity contribution is -0.141. The van der Waals surface area contributed by atoms with Gasteiger partial charge in [0.1, 0.15) is 17.9 Å². The summed E-state index contributed by atoms with van der Waals surface area (Å²) in [5, 5.41) is 6.75. The fourth-order valence-electron chi connectivity index (χ4n) is 2.00. The van der Waals surface area contributed by atoms with Crippen molar-refractivity contribution in [2.24, 2.45) is 0 Å². The molecule has 6 nitrogen and oxygen atoms in total. The highest BCUT2D eigenvalue weighted by Gasteiger charge is 2.34. The molecular formula is C14H12F3N5O. The number of aromatic nitrogens is 4. The van der Waals surface area contributed by atoms with Gasteiger partial charge in [0, 0.05) is 11.8 Å². The van der Waals surface area contributed by atoms with Crippen molar-refractivity contribution in [2.45, 2.75) is 13.1 Å². The zero-order valence-corrected chi connectivity index (χ0v) is 12.0. The van der Waals surface area contributed by atoms with Crippen LogP contribution in [0.3, 0.4) is 0 Å². The van der Waals surface area contributed by atoms with Gasteiger partial charge in [-0.25, -0.2) is 4.98 Å². The first-order valence-electron chi connectivity index (χ1n) is 6.75. The van der Waals surface area contributed by atoms with Crippen molar-refractivity contribution in [1.29, 1.82) is 0 Å². The molecule has 0 aliphatic carbocycles. The number of ether oxygens (including phenoxy) is 1. The third-order valence-corrected chi connectivity index (χ3v) is 2.98. The van der Waals surface area contributed by atoms with Crippen LogP contribution in [0.4, 0.5) is 24.7 Å². The van der Waals surface area contributed by atoms with Crippen LogP contribution in [0.25, 0.3) is 5.78 Å². The molecule has 0 radical (unpaired) electrons. The summed E-state index contributed by atoms with van der Waals surface area (Å²) in [5.74, 6) is 0.659. The third kappa shape index (κ3) is 3.17. The van der Waals surface area contributed by atoms with E-state index in [1.165, 1.54) is 4.52 Å². The highest BCUT2D eigenvalue weighted by molar-refractivity contribution is 5.59. The third-order valence-electron chi connectivity index (χ3n) is 2.98. The van der Waals surface area contributed by atoms with E-state index in [-0.39, 0.29) is 11.6 Å². The average Bonchev–Trinajstić information content (AvgIpc) is 2.97. The van der Waals surface area contributed by atoms with Crippen LogP contribution in [-0.4, -0.2) is 26.2 Å². The molecule has 1 N–H and O–H groups in total. The lowest BCUT2D eigenvalue weighted by Gasteiger charge is -2.12. The molecule has 2 heterocycles.